The van der Waals surface area contributed by atoms with E-state index in [0.717, 1.165) is 48.5 Å². The summed E-state index contributed by atoms with van der Waals surface area (Å²) in [6.45, 7) is 5.57. The smallest absolute Gasteiger partial charge is 0.230 e. The van der Waals surface area contributed by atoms with Gasteiger partial charge in [-0.05, 0) is 61.4 Å². The van der Waals surface area contributed by atoms with Gasteiger partial charge in [0.2, 0.25) is 5.91 Å². The number of H-pyrrole nitrogens is 1. The lowest BCUT2D eigenvalue weighted by Crippen LogP contribution is -2.53. The summed E-state index contributed by atoms with van der Waals surface area (Å²) in [5.74, 6) is 1.02. The van der Waals surface area contributed by atoms with Crippen molar-refractivity contribution < 1.29 is 9.90 Å². The molecule has 1 unspecified atom stereocenters. The largest absolute Gasteiger partial charge is 0.390 e. The summed E-state index contributed by atoms with van der Waals surface area (Å²) in [4.78, 5) is 17.5. The molecular formula is C28H40N4O2S. The lowest BCUT2D eigenvalue weighted by molar-refractivity contribution is -0.130. The molecule has 0 fully saturated rings. The third kappa shape index (κ3) is 5.79. The molecule has 2 aromatic rings. The Balaban J connectivity index is 1.58. The first-order valence-corrected chi connectivity index (χ1v) is 13.9. The highest BCUT2D eigenvalue weighted by molar-refractivity contribution is 7.97. The molecule has 3 atom stereocenters. The van der Waals surface area contributed by atoms with Crippen LogP contribution in [0.15, 0.2) is 42.6 Å². The summed E-state index contributed by atoms with van der Waals surface area (Å²) in [5, 5.41) is 17.7. The Morgan fingerprint density at radius 3 is 2.83 bits per heavy atom. The van der Waals surface area contributed by atoms with Crippen LogP contribution in [0.4, 0.5) is 0 Å². The van der Waals surface area contributed by atoms with Gasteiger partial charge in [-0.1, -0.05) is 50.6 Å². The summed E-state index contributed by atoms with van der Waals surface area (Å²) in [7, 11) is 2.09. The second-order valence-corrected chi connectivity index (χ2v) is 11.1. The maximum absolute atomic E-state index is 14.0. The van der Waals surface area contributed by atoms with E-state index < -0.39 is 11.5 Å². The van der Waals surface area contributed by atoms with Crippen LogP contribution < -0.4 is 10.6 Å². The number of aryl methyl sites for hydroxylation is 1. The number of amides is 1. The maximum Gasteiger partial charge on any atom is 0.230 e. The Morgan fingerprint density at radius 2 is 2.09 bits per heavy atom. The maximum atomic E-state index is 14.0. The van der Waals surface area contributed by atoms with Gasteiger partial charge in [0, 0.05) is 43.2 Å². The molecule has 0 spiro atoms. The molecule has 35 heavy (non-hydrogen) atoms. The van der Waals surface area contributed by atoms with Crippen molar-refractivity contribution >= 4 is 23.6 Å². The number of aliphatic hydroxyl groups excluding tert-OH is 1. The summed E-state index contributed by atoms with van der Waals surface area (Å²) >= 11 is 1.80. The van der Waals surface area contributed by atoms with Crippen LogP contribution in [-0.2, 0) is 24.1 Å². The minimum absolute atomic E-state index is 0.00881. The standard InChI is InChI=1S/C28H40N4O2S/c1-4-6-13-29-19-25(33)22(15-20-10-8-7-9-11-20)31-27(34)28(5-2)16-23-26-21(18-30-23)12-14-35-32(3)24(26)17-28/h7-11,17-18,22,25,29-30,33H,4-6,12-16,19H2,1-3H3,(H,31,34)/t22-,25+,28?/m0/s1. The van der Waals surface area contributed by atoms with E-state index in [0.29, 0.717) is 25.8 Å². The molecule has 7 heteroatoms. The van der Waals surface area contributed by atoms with Gasteiger partial charge in [0.15, 0.2) is 0 Å². The molecule has 1 aromatic heterocycles. The van der Waals surface area contributed by atoms with Gasteiger partial charge in [-0.2, -0.15) is 0 Å². The normalized spacial score (nSPS) is 21.0. The highest BCUT2D eigenvalue weighted by atomic mass is 32.2. The number of unbranched alkanes of at least 4 members (excludes halogenated alkanes) is 1. The van der Waals surface area contributed by atoms with Crippen molar-refractivity contribution in [1.82, 2.24) is 19.9 Å². The third-order valence-electron chi connectivity index (χ3n) is 7.42. The summed E-state index contributed by atoms with van der Waals surface area (Å²) in [6, 6.07) is 9.73. The van der Waals surface area contributed by atoms with Crippen molar-refractivity contribution in [3.63, 3.8) is 0 Å². The minimum atomic E-state index is -0.676. The van der Waals surface area contributed by atoms with Crippen molar-refractivity contribution in [2.45, 2.75) is 64.5 Å². The first kappa shape index (κ1) is 25.9. The molecule has 0 saturated heterocycles. The number of carbonyl (C=O) groups excluding carboxylic acids is 1. The predicted octanol–water partition coefficient (Wildman–Crippen LogP) is 3.92. The van der Waals surface area contributed by atoms with Crippen molar-refractivity contribution in [2.24, 2.45) is 5.41 Å². The van der Waals surface area contributed by atoms with Gasteiger partial charge in [0.1, 0.15) is 0 Å². The number of rotatable bonds is 11. The molecule has 190 valence electrons. The van der Waals surface area contributed by atoms with E-state index in [2.05, 4.69) is 65.2 Å². The zero-order chi connectivity index (χ0) is 24.8. The number of nitrogens with zero attached hydrogens (tertiary/aromatic N) is 1. The van der Waals surface area contributed by atoms with E-state index >= 15 is 0 Å². The van der Waals surface area contributed by atoms with Crippen LogP contribution in [0.25, 0.3) is 5.70 Å². The number of benzene rings is 1. The van der Waals surface area contributed by atoms with E-state index in [4.69, 9.17) is 0 Å². The molecule has 1 aliphatic heterocycles. The van der Waals surface area contributed by atoms with Gasteiger partial charge in [0.25, 0.3) is 0 Å². The van der Waals surface area contributed by atoms with Gasteiger partial charge in [-0.3, -0.25) is 4.79 Å². The van der Waals surface area contributed by atoms with Gasteiger partial charge in [0.05, 0.1) is 23.3 Å². The number of hydrogen-bond donors (Lipinski definition) is 4. The number of nitrogens with one attached hydrogen (secondary N) is 3. The van der Waals surface area contributed by atoms with Crippen LogP contribution in [-0.4, -0.2) is 58.3 Å². The molecule has 0 radical (unpaired) electrons. The molecule has 0 bridgehead atoms. The molecule has 1 aliphatic carbocycles. The molecule has 4 rings (SSSR count). The molecule has 2 aliphatic rings. The lowest BCUT2D eigenvalue weighted by atomic mass is 9.73. The molecular weight excluding hydrogens is 456 g/mol. The van der Waals surface area contributed by atoms with Crippen LogP contribution in [0.1, 0.15) is 55.5 Å². The zero-order valence-electron chi connectivity index (χ0n) is 21.3. The number of carbonyl (C=O) groups is 1. The van der Waals surface area contributed by atoms with E-state index in [1.165, 1.54) is 11.1 Å². The molecule has 1 aromatic carbocycles. The van der Waals surface area contributed by atoms with E-state index in [1.54, 1.807) is 11.9 Å². The van der Waals surface area contributed by atoms with Crippen LogP contribution in [0, 0.1) is 5.41 Å². The summed E-state index contributed by atoms with van der Waals surface area (Å²) in [6.07, 6.45) is 8.76. The van der Waals surface area contributed by atoms with E-state index in [1.807, 2.05) is 18.2 Å². The fourth-order valence-corrected chi connectivity index (χ4v) is 6.04. The van der Waals surface area contributed by atoms with Crippen molar-refractivity contribution in [2.75, 3.05) is 25.9 Å². The molecule has 0 saturated carbocycles. The second kappa shape index (κ2) is 11.7. The summed E-state index contributed by atoms with van der Waals surface area (Å²) in [5.41, 5.74) is 5.33. The number of hydrogen-bond acceptors (Lipinski definition) is 5. The van der Waals surface area contributed by atoms with Gasteiger partial charge in [-0.25, -0.2) is 0 Å². The fourth-order valence-electron chi connectivity index (χ4n) is 5.17. The first-order chi connectivity index (χ1) is 17.0. The van der Waals surface area contributed by atoms with Crippen molar-refractivity contribution in [3.8, 4) is 0 Å². The summed E-state index contributed by atoms with van der Waals surface area (Å²) < 4.78 is 2.22. The number of aromatic amines is 1. The van der Waals surface area contributed by atoms with Gasteiger partial charge in [-0.15, -0.1) is 0 Å². The van der Waals surface area contributed by atoms with Crippen molar-refractivity contribution in [3.05, 3.63) is 65.0 Å². The number of aromatic nitrogens is 1. The average molecular weight is 497 g/mol. The highest BCUT2D eigenvalue weighted by Crippen LogP contribution is 2.44. The fraction of sp³-hybridized carbons (Fsp3) is 0.536. The monoisotopic (exact) mass is 496 g/mol. The van der Waals surface area contributed by atoms with Crippen molar-refractivity contribution in [1.29, 1.82) is 0 Å². The Bertz CT molecular complexity index is 1020. The molecule has 1 amide bonds. The van der Waals surface area contributed by atoms with E-state index in [9.17, 15) is 9.90 Å². The highest BCUT2D eigenvalue weighted by Gasteiger charge is 2.43. The lowest BCUT2D eigenvalue weighted by Gasteiger charge is -2.37. The second-order valence-electron chi connectivity index (χ2n) is 9.86. The van der Waals surface area contributed by atoms with Crippen LogP contribution in [0.3, 0.4) is 0 Å². The quantitative estimate of drug-likeness (QED) is 0.280. The SMILES string of the molecule is CCCCNC[C@@H](O)[C@H](Cc1ccccc1)NC(=O)C1(CC)C=C2c3c(c[nH]c3C1)CCSN2C. The zero-order valence-corrected chi connectivity index (χ0v) is 22.1. The topological polar surface area (TPSA) is 80.4 Å². The Labute approximate surface area is 214 Å². The molecule has 4 N–H and O–H groups in total. The van der Waals surface area contributed by atoms with Crippen LogP contribution in [0.2, 0.25) is 0 Å². The third-order valence-corrected chi connectivity index (χ3v) is 8.39. The van der Waals surface area contributed by atoms with Crippen LogP contribution in [0.5, 0.6) is 0 Å². The molecule has 2 heterocycles. The van der Waals surface area contributed by atoms with E-state index in [-0.39, 0.29) is 11.9 Å². The predicted molar refractivity (Wildman–Crippen MR) is 145 cm³/mol. The Kier molecular flexibility index (Phi) is 8.63. The van der Waals surface area contributed by atoms with Gasteiger partial charge < -0.3 is 25.0 Å². The van der Waals surface area contributed by atoms with Crippen LogP contribution >= 0.6 is 11.9 Å². The number of aliphatic hydroxyl groups is 1. The Morgan fingerprint density at radius 1 is 1.29 bits per heavy atom. The van der Waals surface area contributed by atoms with Gasteiger partial charge >= 0.3 is 0 Å². The minimum Gasteiger partial charge on any atom is -0.390 e. The first-order valence-electron chi connectivity index (χ1n) is 13.0. The Hall–Kier alpha value is -2.22. The molecule has 6 nitrogen and oxygen atoms in total. The average Bonchev–Trinajstić information content (AvgIpc) is 3.20.